The molecule has 3 nitrogen and oxygen atoms in total. The molecule has 0 bridgehead atoms. The molecule has 1 aromatic heterocycles. The van der Waals surface area contributed by atoms with Gasteiger partial charge in [-0.15, -0.1) is 0 Å². The molecule has 0 unspecified atom stereocenters. The minimum atomic E-state index is -0.0839. The van der Waals surface area contributed by atoms with Crippen LogP contribution < -0.4 is 0 Å². The Morgan fingerprint density at radius 2 is 2.07 bits per heavy atom. The van der Waals surface area contributed by atoms with Crippen molar-refractivity contribution in [2.24, 2.45) is 0 Å². The lowest BCUT2D eigenvalue weighted by Crippen LogP contribution is -2.05. The van der Waals surface area contributed by atoms with Crippen LogP contribution in [0.15, 0.2) is 24.4 Å². The van der Waals surface area contributed by atoms with E-state index in [0.717, 1.165) is 0 Å². The van der Waals surface area contributed by atoms with Gasteiger partial charge in [0.25, 0.3) is 0 Å². The number of ketones is 1. The van der Waals surface area contributed by atoms with E-state index in [-0.39, 0.29) is 13.3 Å². The smallest absolute Gasteiger partial charge is 0.208 e. The summed E-state index contributed by atoms with van der Waals surface area (Å²) in [5.41, 5.74) is 0.996. The Balaban J connectivity index is 0. The molecule has 0 fully saturated rings. The van der Waals surface area contributed by atoms with Gasteiger partial charge in [0.15, 0.2) is 0 Å². The molecule has 0 aliphatic rings. The monoisotopic (exact) mass is 210 g/mol. The number of hydrogen-bond donors (Lipinski definition) is 0. The summed E-state index contributed by atoms with van der Waals surface area (Å²) in [6.07, 6.45) is 1.81. The van der Waals surface area contributed by atoms with Crippen LogP contribution in [0.3, 0.4) is 0 Å². The Hall–Kier alpha value is -1.38. The van der Waals surface area contributed by atoms with Crippen molar-refractivity contribution in [3.05, 3.63) is 30.1 Å². The Bertz CT molecular complexity index is 343. The molecule has 0 saturated heterocycles. The molecular formula is C12H22N2O. The van der Waals surface area contributed by atoms with Gasteiger partial charge in [-0.2, -0.15) is 5.10 Å². The van der Waals surface area contributed by atoms with Crippen LogP contribution in [0.1, 0.15) is 52.6 Å². The van der Waals surface area contributed by atoms with E-state index in [4.69, 9.17) is 0 Å². The zero-order valence-electron chi connectivity index (χ0n) is 10.2. The molecule has 0 spiro atoms. The summed E-state index contributed by atoms with van der Waals surface area (Å²) in [6, 6.07) is 2.00. The molecule has 1 aromatic rings. The molecule has 0 radical (unpaired) electrons. The third kappa shape index (κ3) is 3.70. The van der Waals surface area contributed by atoms with E-state index >= 15 is 0 Å². The van der Waals surface area contributed by atoms with E-state index in [9.17, 15) is 4.79 Å². The van der Waals surface area contributed by atoms with E-state index in [1.807, 2.05) is 27.7 Å². The van der Waals surface area contributed by atoms with Crippen molar-refractivity contribution in [1.82, 2.24) is 9.78 Å². The largest absolute Gasteiger partial charge is 0.287 e. The van der Waals surface area contributed by atoms with Gasteiger partial charge in [-0.3, -0.25) is 9.48 Å². The van der Waals surface area contributed by atoms with E-state index < -0.39 is 0 Å². The van der Waals surface area contributed by atoms with Crippen molar-refractivity contribution in [3.63, 3.8) is 0 Å². The number of rotatable bonds is 3. The second kappa shape index (κ2) is 6.17. The molecule has 0 aliphatic heterocycles. The summed E-state index contributed by atoms with van der Waals surface area (Å²) < 4.78 is 1.76. The number of nitrogens with zero attached hydrogens (tertiary/aromatic N) is 2. The van der Waals surface area contributed by atoms with Gasteiger partial charge < -0.3 is 0 Å². The molecule has 15 heavy (non-hydrogen) atoms. The lowest BCUT2D eigenvalue weighted by molar-refractivity contribution is 0.102. The summed E-state index contributed by atoms with van der Waals surface area (Å²) in [4.78, 5) is 11.4. The van der Waals surface area contributed by atoms with E-state index in [1.165, 1.54) is 0 Å². The Morgan fingerprint density at radius 3 is 2.40 bits per heavy atom. The third-order valence-corrected chi connectivity index (χ3v) is 1.76. The molecule has 0 atom stereocenters. The molecule has 0 saturated carbocycles. The summed E-state index contributed by atoms with van der Waals surface area (Å²) in [7, 11) is 0. The zero-order chi connectivity index (χ0) is 12.0. The summed E-state index contributed by atoms with van der Waals surface area (Å²) in [5.74, 6) is -0.0839. The summed E-state index contributed by atoms with van der Waals surface area (Å²) in [5, 5.41) is 4.14. The first-order chi connectivity index (χ1) is 7.02. The van der Waals surface area contributed by atoms with Gasteiger partial charge in [0.05, 0.1) is 0 Å². The van der Waals surface area contributed by atoms with E-state index in [1.54, 1.807) is 23.9 Å². The number of carbonyl (C=O) groups is 1. The minimum absolute atomic E-state index is 0. The lowest BCUT2D eigenvalue weighted by Gasteiger charge is -2.03. The highest BCUT2D eigenvalue weighted by molar-refractivity contribution is 6.06. The van der Waals surface area contributed by atoms with Crippen molar-refractivity contribution < 1.29 is 6.22 Å². The first-order valence-electron chi connectivity index (χ1n) is 5.27. The number of allylic oxidation sites excluding steroid dienone is 1. The molecule has 1 rings (SSSR count). The van der Waals surface area contributed by atoms with Gasteiger partial charge in [0.1, 0.15) is 5.69 Å². The maximum Gasteiger partial charge on any atom is 0.208 e. The lowest BCUT2D eigenvalue weighted by atomic mass is 10.2. The number of hydrogen-bond acceptors (Lipinski definition) is 2. The molecule has 86 valence electrons. The predicted molar refractivity (Wildman–Crippen MR) is 65.2 cm³/mol. The van der Waals surface area contributed by atoms with Gasteiger partial charge >= 0.3 is 0 Å². The van der Waals surface area contributed by atoms with Crippen LogP contribution in [-0.4, -0.2) is 15.6 Å². The van der Waals surface area contributed by atoms with E-state index in [0.29, 0.717) is 11.3 Å². The Labute approximate surface area is 93.3 Å². The van der Waals surface area contributed by atoms with Crippen molar-refractivity contribution in [1.29, 1.82) is 0 Å². The Morgan fingerprint density at radius 1 is 1.53 bits per heavy atom. The van der Waals surface area contributed by atoms with Gasteiger partial charge in [-0.25, -0.2) is 0 Å². The van der Waals surface area contributed by atoms with Crippen LogP contribution in [0.2, 0.25) is 0 Å². The Kier molecular flexibility index (Phi) is 5.60. The van der Waals surface area contributed by atoms with Gasteiger partial charge in [-0.05, 0) is 32.4 Å². The maximum absolute atomic E-state index is 11.4. The highest BCUT2D eigenvalue weighted by Crippen LogP contribution is 2.07. The topological polar surface area (TPSA) is 34.9 Å². The van der Waals surface area contributed by atoms with Crippen LogP contribution in [0.4, 0.5) is 0 Å². The summed E-state index contributed by atoms with van der Waals surface area (Å²) >= 11 is 0. The SMILES string of the molecule is C=C(C)C(=O)c1ccn(C(C)C)n1.CC.[HH]. The second-order valence-corrected chi connectivity index (χ2v) is 3.38. The highest BCUT2D eigenvalue weighted by Gasteiger charge is 2.10. The average Bonchev–Trinajstić information content (AvgIpc) is 2.68. The van der Waals surface area contributed by atoms with Gasteiger partial charge in [-0.1, -0.05) is 20.4 Å². The fraction of sp³-hybridized carbons (Fsp3) is 0.500. The minimum Gasteiger partial charge on any atom is -0.287 e. The summed E-state index contributed by atoms with van der Waals surface area (Å²) in [6.45, 7) is 13.3. The number of carbonyl (C=O) groups excluding carboxylic acids is 1. The molecule has 3 heteroatoms. The zero-order valence-corrected chi connectivity index (χ0v) is 10.2. The fourth-order valence-electron chi connectivity index (χ4n) is 0.965. The number of Topliss-reactive ketones (excluding diaryl/α,β-unsaturated/α-hetero) is 1. The first-order valence-corrected chi connectivity index (χ1v) is 5.27. The van der Waals surface area contributed by atoms with Crippen molar-refractivity contribution in [3.8, 4) is 0 Å². The average molecular weight is 210 g/mol. The van der Waals surface area contributed by atoms with Crippen LogP contribution >= 0.6 is 0 Å². The quantitative estimate of drug-likeness (QED) is 0.565. The maximum atomic E-state index is 11.4. The predicted octanol–water partition coefficient (Wildman–Crippen LogP) is 3.50. The molecule has 1 heterocycles. The molecule has 0 aromatic carbocycles. The molecular weight excluding hydrogens is 188 g/mol. The van der Waals surface area contributed by atoms with Gasteiger partial charge in [0.2, 0.25) is 5.78 Å². The van der Waals surface area contributed by atoms with Gasteiger partial charge in [0, 0.05) is 13.7 Å². The molecule has 0 amide bonds. The standard InChI is InChI=1S/C10H14N2O.C2H6.H2/c1-7(2)10(13)9-5-6-12(11-9)8(3)4;1-2;/h5-6,8H,1H2,2-4H3;1-2H3;1H. The first kappa shape index (κ1) is 13.6. The normalized spacial score (nSPS) is 9.47. The van der Waals surface area contributed by atoms with Crippen molar-refractivity contribution in [2.75, 3.05) is 0 Å². The molecule has 0 aliphatic carbocycles. The van der Waals surface area contributed by atoms with Crippen molar-refractivity contribution in [2.45, 2.75) is 40.7 Å². The van der Waals surface area contributed by atoms with Crippen LogP contribution in [0.5, 0.6) is 0 Å². The highest BCUT2D eigenvalue weighted by atomic mass is 16.1. The van der Waals surface area contributed by atoms with Crippen LogP contribution in [-0.2, 0) is 0 Å². The van der Waals surface area contributed by atoms with Crippen LogP contribution in [0.25, 0.3) is 0 Å². The number of aromatic nitrogens is 2. The fourth-order valence-corrected chi connectivity index (χ4v) is 0.965. The third-order valence-electron chi connectivity index (χ3n) is 1.76. The second-order valence-electron chi connectivity index (χ2n) is 3.38. The van der Waals surface area contributed by atoms with E-state index in [2.05, 4.69) is 11.7 Å². The molecule has 0 N–H and O–H groups in total. The van der Waals surface area contributed by atoms with Crippen LogP contribution in [0, 0.1) is 0 Å². The van der Waals surface area contributed by atoms with Crippen molar-refractivity contribution >= 4 is 5.78 Å².